The van der Waals surface area contributed by atoms with E-state index >= 15 is 0 Å². The SMILES string of the molecule is CN(CC1CC(Cl)C1)C(=O)CC12CC3CC(CC(C3)C1)C2. The Balaban J connectivity index is 1.35. The molecule has 0 saturated heterocycles. The van der Waals surface area contributed by atoms with Gasteiger partial charge in [-0.15, -0.1) is 11.6 Å². The second-order valence-corrected chi connectivity index (χ2v) is 9.42. The van der Waals surface area contributed by atoms with Crippen molar-refractivity contribution in [3.05, 3.63) is 0 Å². The Bertz CT molecular complexity index is 394. The summed E-state index contributed by atoms with van der Waals surface area (Å²) >= 11 is 6.05. The van der Waals surface area contributed by atoms with Crippen molar-refractivity contribution in [1.82, 2.24) is 4.90 Å². The smallest absolute Gasteiger partial charge is 0.222 e. The van der Waals surface area contributed by atoms with Gasteiger partial charge in [0, 0.05) is 25.4 Å². The van der Waals surface area contributed by atoms with E-state index in [1.807, 2.05) is 11.9 Å². The average molecular weight is 310 g/mol. The summed E-state index contributed by atoms with van der Waals surface area (Å²) in [5.41, 5.74) is 0.384. The van der Waals surface area contributed by atoms with Gasteiger partial charge in [0.25, 0.3) is 0 Å². The summed E-state index contributed by atoms with van der Waals surface area (Å²) < 4.78 is 0. The molecule has 3 heteroatoms. The molecule has 5 saturated carbocycles. The lowest BCUT2D eigenvalue weighted by Gasteiger charge is -2.57. The minimum Gasteiger partial charge on any atom is -0.345 e. The van der Waals surface area contributed by atoms with Crippen molar-refractivity contribution in [2.45, 2.75) is 63.2 Å². The van der Waals surface area contributed by atoms with Gasteiger partial charge in [-0.05, 0) is 80.5 Å². The van der Waals surface area contributed by atoms with Gasteiger partial charge in [-0.2, -0.15) is 0 Å². The van der Waals surface area contributed by atoms with Crippen LogP contribution in [0.4, 0.5) is 0 Å². The Hall–Kier alpha value is -0.240. The molecule has 0 radical (unpaired) electrons. The van der Waals surface area contributed by atoms with E-state index in [2.05, 4.69) is 0 Å². The average Bonchev–Trinajstić information content (AvgIpc) is 2.34. The normalized spacial score (nSPS) is 47.2. The molecule has 1 amide bonds. The Kier molecular flexibility index (Phi) is 3.52. The van der Waals surface area contributed by atoms with E-state index in [1.165, 1.54) is 38.5 Å². The van der Waals surface area contributed by atoms with Crippen LogP contribution in [-0.4, -0.2) is 29.8 Å². The summed E-state index contributed by atoms with van der Waals surface area (Å²) in [4.78, 5) is 14.7. The minimum absolute atomic E-state index is 0.363. The fraction of sp³-hybridized carbons (Fsp3) is 0.944. The molecular weight excluding hydrogens is 282 g/mol. The first kappa shape index (κ1) is 14.4. The van der Waals surface area contributed by atoms with E-state index in [4.69, 9.17) is 11.6 Å². The summed E-state index contributed by atoms with van der Waals surface area (Å²) in [6, 6.07) is 0. The van der Waals surface area contributed by atoms with E-state index in [9.17, 15) is 4.79 Å². The largest absolute Gasteiger partial charge is 0.345 e. The van der Waals surface area contributed by atoms with Gasteiger partial charge in [0.15, 0.2) is 0 Å². The lowest BCUT2D eigenvalue weighted by molar-refractivity contribution is -0.139. The van der Waals surface area contributed by atoms with Crippen LogP contribution in [0.25, 0.3) is 0 Å². The molecule has 0 aromatic carbocycles. The monoisotopic (exact) mass is 309 g/mol. The molecule has 4 bridgehead atoms. The van der Waals surface area contributed by atoms with Crippen molar-refractivity contribution in [2.24, 2.45) is 29.1 Å². The molecule has 5 aliphatic carbocycles. The molecule has 2 nitrogen and oxygen atoms in total. The molecule has 0 aliphatic heterocycles. The minimum atomic E-state index is 0.363. The standard InChI is InChI=1S/C18H28ClNO/c1-20(11-15-5-16(19)6-15)17(21)10-18-7-12-2-13(8-18)4-14(3-12)9-18/h12-16H,2-11H2,1H3. The number of amides is 1. The molecule has 0 spiro atoms. The third kappa shape index (κ3) is 2.73. The van der Waals surface area contributed by atoms with Crippen molar-refractivity contribution < 1.29 is 4.79 Å². The summed E-state index contributed by atoms with van der Waals surface area (Å²) in [6.45, 7) is 0.925. The van der Waals surface area contributed by atoms with Gasteiger partial charge in [0.2, 0.25) is 5.91 Å². The van der Waals surface area contributed by atoms with E-state index in [0.717, 1.165) is 43.6 Å². The first-order chi connectivity index (χ1) is 10.0. The van der Waals surface area contributed by atoms with Gasteiger partial charge in [0.1, 0.15) is 0 Å². The third-order valence-electron chi connectivity index (χ3n) is 6.83. The Morgan fingerprint density at radius 1 is 1.05 bits per heavy atom. The Morgan fingerprint density at radius 2 is 1.57 bits per heavy atom. The maximum atomic E-state index is 12.7. The quantitative estimate of drug-likeness (QED) is 0.717. The van der Waals surface area contributed by atoms with Crippen molar-refractivity contribution in [1.29, 1.82) is 0 Å². The molecule has 5 rings (SSSR count). The van der Waals surface area contributed by atoms with Gasteiger partial charge in [0.05, 0.1) is 0 Å². The van der Waals surface area contributed by atoms with Crippen molar-refractivity contribution in [2.75, 3.05) is 13.6 Å². The highest BCUT2D eigenvalue weighted by Gasteiger charge is 2.51. The highest BCUT2D eigenvalue weighted by Crippen LogP contribution is 2.61. The zero-order chi connectivity index (χ0) is 14.6. The molecule has 0 N–H and O–H groups in total. The Labute approximate surface area is 133 Å². The van der Waals surface area contributed by atoms with Crippen LogP contribution in [-0.2, 0) is 4.79 Å². The molecule has 0 aromatic rings. The first-order valence-electron chi connectivity index (χ1n) is 8.89. The van der Waals surface area contributed by atoms with Crippen molar-refractivity contribution in [3.8, 4) is 0 Å². The predicted octanol–water partition coefficient (Wildman–Crippen LogP) is 4.07. The number of rotatable bonds is 4. The van der Waals surface area contributed by atoms with Gasteiger partial charge in [-0.3, -0.25) is 4.79 Å². The maximum Gasteiger partial charge on any atom is 0.222 e. The maximum absolute atomic E-state index is 12.7. The van der Waals surface area contributed by atoms with Crippen LogP contribution >= 0.6 is 11.6 Å². The molecule has 118 valence electrons. The second kappa shape index (κ2) is 5.15. The number of nitrogens with zero attached hydrogens (tertiary/aromatic N) is 1. The van der Waals surface area contributed by atoms with Crippen LogP contribution in [0.2, 0.25) is 0 Å². The fourth-order valence-corrected chi connectivity index (χ4v) is 6.76. The van der Waals surface area contributed by atoms with Crippen LogP contribution in [0.15, 0.2) is 0 Å². The molecule has 0 atom stereocenters. The number of hydrogen-bond donors (Lipinski definition) is 0. The zero-order valence-electron chi connectivity index (χ0n) is 13.2. The molecule has 0 aromatic heterocycles. The van der Waals surface area contributed by atoms with Crippen molar-refractivity contribution in [3.63, 3.8) is 0 Å². The van der Waals surface area contributed by atoms with Crippen LogP contribution in [0.5, 0.6) is 0 Å². The number of alkyl halides is 1. The Morgan fingerprint density at radius 3 is 2.05 bits per heavy atom. The highest BCUT2D eigenvalue weighted by atomic mass is 35.5. The molecule has 21 heavy (non-hydrogen) atoms. The molecule has 5 fully saturated rings. The zero-order valence-corrected chi connectivity index (χ0v) is 13.9. The topological polar surface area (TPSA) is 20.3 Å². The molecule has 5 aliphatic rings. The lowest BCUT2D eigenvalue weighted by Crippen LogP contribution is -2.48. The summed E-state index contributed by atoms with van der Waals surface area (Å²) in [5.74, 6) is 3.88. The molecule has 0 unspecified atom stereocenters. The predicted molar refractivity (Wildman–Crippen MR) is 85.2 cm³/mol. The van der Waals surface area contributed by atoms with Crippen molar-refractivity contribution >= 4 is 17.5 Å². The van der Waals surface area contributed by atoms with Crippen LogP contribution in [0.1, 0.15) is 57.8 Å². The number of carbonyl (C=O) groups excluding carboxylic acids is 1. The number of halogens is 1. The van der Waals surface area contributed by atoms with E-state index in [-0.39, 0.29) is 0 Å². The van der Waals surface area contributed by atoms with Gasteiger partial charge < -0.3 is 4.90 Å². The van der Waals surface area contributed by atoms with E-state index in [0.29, 0.717) is 22.6 Å². The lowest BCUT2D eigenvalue weighted by atomic mass is 9.49. The summed E-state index contributed by atoms with van der Waals surface area (Å²) in [6.07, 6.45) is 11.4. The first-order valence-corrected chi connectivity index (χ1v) is 9.33. The van der Waals surface area contributed by atoms with Crippen LogP contribution in [0.3, 0.4) is 0 Å². The number of carbonyl (C=O) groups is 1. The fourth-order valence-electron chi connectivity index (χ4n) is 6.25. The molecule has 0 heterocycles. The second-order valence-electron chi connectivity index (χ2n) is 8.80. The van der Waals surface area contributed by atoms with Crippen LogP contribution in [0, 0.1) is 29.1 Å². The van der Waals surface area contributed by atoms with Crippen LogP contribution < -0.4 is 0 Å². The highest BCUT2D eigenvalue weighted by molar-refractivity contribution is 6.21. The molecular formula is C18H28ClNO. The third-order valence-corrected chi connectivity index (χ3v) is 7.18. The number of hydrogen-bond acceptors (Lipinski definition) is 1. The van der Waals surface area contributed by atoms with Gasteiger partial charge in [-0.1, -0.05) is 0 Å². The van der Waals surface area contributed by atoms with Gasteiger partial charge >= 0.3 is 0 Å². The van der Waals surface area contributed by atoms with Gasteiger partial charge in [-0.25, -0.2) is 0 Å². The van der Waals surface area contributed by atoms with E-state index < -0.39 is 0 Å². The summed E-state index contributed by atoms with van der Waals surface area (Å²) in [7, 11) is 2.00. The summed E-state index contributed by atoms with van der Waals surface area (Å²) in [5, 5.41) is 0.363. The van der Waals surface area contributed by atoms with E-state index in [1.54, 1.807) is 0 Å².